The van der Waals surface area contributed by atoms with Crippen molar-refractivity contribution in [1.82, 2.24) is 4.90 Å². The van der Waals surface area contributed by atoms with Crippen LogP contribution in [-0.2, 0) is 0 Å². The van der Waals surface area contributed by atoms with E-state index in [1.165, 1.54) is 5.57 Å². The fourth-order valence-corrected chi connectivity index (χ4v) is 1.29. The van der Waals surface area contributed by atoms with Gasteiger partial charge in [0.2, 0.25) is 0 Å². The van der Waals surface area contributed by atoms with Gasteiger partial charge in [0.1, 0.15) is 0 Å². The summed E-state index contributed by atoms with van der Waals surface area (Å²) in [5.74, 6) is 0.666. The van der Waals surface area contributed by atoms with E-state index in [-0.39, 0.29) is 0 Å². The average molecular weight is 194 g/mol. The summed E-state index contributed by atoms with van der Waals surface area (Å²) in [6.07, 6.45) is 2.85. The van der Waals surface area contributed by atoms with Crippen molar-refractivity contribution in [3.63, 3.8) is 0 Å². The molecule has 0 amide bonds. The minimum Gasteiger partial charge on any atom is -0.298 e. The van der Waals surface area contributed by atoms with Crippen LogP contribution in [0.4, 0.5) is 0 Å². The van der Waals surface area contributed by atoms with E-state index in [0.29, 0.717) is 12.3 Å². The van der Waals surface area contributed by atoms with Gasteiger partial charge < -0.3 is 0 Å². The Morgan fingerprint density at radius 2 is 2.07 bits per heavy atom. The molecular formula is C12H22N2. The first-order valence-electron chi connectivity index (χ1n) is 5.29. The second-order valence-electron chi connectivity index (χ2n) is 4.34. The number of rotatable bonds is 6. The van der Waals surface area contributed by atoms with E-state index in [9.17, 15) is 0 Å². The summed E-state index contributed by atoms with van der Waals surface area (Å²) in [5.41, 5.74) is 1.34. The van der Waals surface area contributed by atoms with Gasteiger partial charge in [-0.1, -0.05) is 25.5 Å². The third kappa shape index (κ3) is 7.82. The molecule has 0 aromatic rings. The third-order valence-corrected chi connectivity index (χ3v) is 1.92. The zero-order valence-electron chi connectivity index (χ0n) is 9.88. The maximum absolute atomic E-state index is 8.53. The van der Waals surface area contributed by atoms with Crippen molar-refractivity contribution in [2.24, 2.45) is 5.92 Å². The van der Waals surface area contributed by atoms with Gasteiger partial charge in [0.15, 0.2) is 0 Å². The molecule has 2 nitrogen and oxygen atoms in total. The number of nitriles is 1. The molecule has 0 rings (SSSR count). The second kappa shape index (κ2) is 7.58. The molecule has 0 bridgehead atoms. The van der Waals surface area contributed by atoms with Crippen LogP contribution in [-0.4, -0.2) is 24.5 Å². The van der Waals surface area contributed by atoms with Gasteiger partial charge in [-0.25, -0.2) is 0 Å². The lowest BCUT2D eigenvalue weighted by Crippen LogP contribution is -2.29. The lowest BCUT2D eigenvalue weighted by molar-refractivity contribution is 0.274. The molecule has 0 heterocycles. The molecule has 0 atom stereocenters. The lowest BCUT2D eigenvalue weighted by atomic mass is 10.2. The van der Waals surface area contributed by atoms with Crippen molar-refractivity contribution in [3.8, 4) is 6.07 Å². The molecule has 0 radical (unpaired) electrons. The normalized spacial score (nSPS) is 10.4. The van der Waals surface area contributed by atoms with Crippen molar-refractivity contribution in [1.29, 1.82) is 5.26 Å². The molecule has 0 aliphatic rings. The molecule has 2 heteroatoms. The summed E-state index contributed by atoms with van der Waals surface area (Å²) in [5, 5.41) is 8.53. The summed E-state index contributed by atoms with van der Waals surface area (Å²) >= 11 is 0. The average Bonchev–Trinajstić information content (AvgIpc) is 2.09. The number of nitrogens with zero attached hydrogens (tertiary/aromatic N) is 2. The van der Waals surface area contributed by atoms with E-state index < -0.39 is 0 Å². The maximum Gasteiger partial charge on any atom is 0.0635 e. The molecule has 80 valence electrons. The van der Waals surface area contributed by atoms with Crippen molar-refractivity contribution in [3.05, 3.63) is 11.6 Å². The van der Waals surface area contributed by atoms with E-state index in [0.717, 1.165) is 19.6 Å². The van der Waals surface area contributed by atoms with Gasteiger partial charge in [-0.05, 0) is 19.8 Å². The smallest absolute Gasteiger partial charge is 0.0635 e. The third-order valence-electron chi connectivity index (χ3n) is 1.92. The van der Waals surface area contributed by atoms with E-state index in [1.807, 2.05) is 0 Å². The van der Waals surface area contributed by atoms with Gasteiger partial charge in [-0.2, -0.15) is 5.26 Å². The molecule has 0 aliphatic heterocycles. The predicted octanol–water partition coefficient (Wildman–Crippen LogP) is 2.82. The summed E-state index contributed by atoms with van der Waals surface area (Å²) < 4.78 is 0. The topological polar surface area (TPSA) is 27.0 Å². The minimum atomic E-state index is 0.628. The van der Waals surface area contributed by atoms with Crippen LogP contribution >= 0.6 is 0 Å². The zero-order valence-corrected chi connectivity index (χ0v) is 9.88. The second-order valence-corrected chi connectivity index (χ2v) is 4.34. The van der Waals surface area contributed by atoms with Gasteiger partial charge in [0, 0.05) is 26.1 Å². The lowest BCUT2D eigenvalue weighted by Gasteiger charge is -2.21. The van der Waals surface area contributed by atoms with E-state index >= 15 is 0 Å². The molecule has 14 heavy (non-hydrogen) atoms. The van der Waals surface area contributed by atoms with Crippen LogP contribution in [0.3, 0.4) is 0 Å². The first-order valence-corrected chi connectivity index (χ1v) is 5.29. The molecule has 0 N–H and O–H groups in total. The quantitative estimate of drug-likeness (QED) is 0.608. The minimum absolute atomic E-state index is 0.628. The number of hydrogen-bond donors (Lipinski definition) is 0. The Hall–Kier alpha value is -0.810. The molecule has 0 spiro atoms. The molecule has 0 aliphatic carbocycles. The first kappa shape index (κ1) is 13.2. The molecule has 0 saturated carbocycles. The van der Waals surface area contributed by atoms with Crippen LogP contribution in [0, 0.1) is 17.2 Å². The van der Waals surface area contributed by atoms with Crippen molar-refractivity contribution >= 4 is 0 Å². The van der Waals surface area contributed by atoms with E-state index in [1.54, 1.807) is 0 Å². The number of hydrogen-bond acceptors (Lipinski definition) is 2. The highest BCUT2D eigenvalue weighted by Crippen LogP contribution is 2.01. The van der Waals surface area contributed by atoms with Gasteiger partial charge in [-0.3, -0.25) is 4.90 Å². The monoisotopic (exact) mass is 194 g/mol. The summed E-state index contributed by atoms with van der Waals surface area (Å²) in [4.78, 5) is 2.33. The Balaban J connectivity index is 3.98. The molecular weight excluding hydrogens is 172 g/mol. The van der Waals surface area contributed by atoms with Crippen LogP contribution in [0.5, 0.6) is 0 Å². The maximum atomic E-state index is 8.53. The Morgan fingerprint density at radius 1 is 1.43 bits per heavy atom. The molecule has 0 aromatic carbocycles. The largest absolute Gasteiger partial charge is 0.298 e. The molecule has 0 saturated heterocycles. The van der Waals surface area contributed by atoms with Crippen LogP contribution in [0.15, 0.2) is 11.6 Å². The fraction of sp³-hybridized carbons (Fsp3) is 0.750. The van der Waals surface area contributed by atoms with Gasteiger partial charge >= 0.3 is 0 Å². The SMILES string of the molecule is CC(C)=CCN(CCC#N)CC(C)C. The molecule has 0 fully saturated rings. The van der Waals surface area contributed by atoms with Crippen molar-refractivity contribution in [2.45, 2.75) is 34.1 Å². The van der Waals surface area contributed by atoms with E-state index in [4.69, 9.17) is 5.26 Å². The van der Waals surface area contributed by atoms with Crippen molar-refractivity contribution in [2.75, 3.05) is 19.6 Å². The van der Waals surface area contributed by atoms with Gasteiger partial charge in [-0.15, -0.1) is 0 Å². The summed E-state index contributed by atoms with van der Waals surface area (Å²) in [7, 11) is 0. The highest BCUT2D eigenvalue weighted by atomic mass is 15.1. The van der Waals surface area contributed by atoms with Crippen molar-refractivity contribution < 1.29 is 0 Å². The fourth-order valence-electron chi connectivity index (χ4n) is 1.29. The van der Waals surface area contributed by atoms with Crippen LogP contribution in [0.2, 0.25) is 0 Å². The van der Waals surface area contributed by atoms with Gasteiger partial charge in [0.05, 0.1) is 6.07 Å². The predicted molar refractivity (Wildman–Crippen MR) is 60.9 cm³/mol. The Morgan fingerprint density at radius 3 is 2.50 bits per heavy atom. The number of allylic oxidation sites excluding steroid dienone is 1. The Bertz CT molecular complexity index is 207. The highest BCUT2D eigenvalue weighted by molar-refractivity contribution is 4.95. The highest BCUT2D eigenvalue weighted by Gasteiger charge is 2.04. The molecule has 0 aromatic heterocycles. The van der Waals surface area contributed by atoms with E-state index in [2.05, 4.69) is 44.7 Å². The Labute approximate surface area is 88.2 Å². The first-order chi connectivity index (χ1) is 6.56. The Kier molecular flexibility index (Phi) is 7.14. The van der Waals surface area contributed by atoms with Crippen LogP contribution < -0.4 is 0 Å². The zero-order chi connectivity index (χ0) is 11.0. The van der Waals surface area contributed by atoms with Gasteiger partial charge in [0.25, 0.3) is 0 Å². The van der Waals surface area contributed by atoms with Crippen LogP contribution in [0.25, 0.3) is 0 Å². The van der Waals surface area contributed by atoms with Crippen LogP contribution in [0.1, 0.15) is 34.1 Å². The summed E-state index contributed by atoms with van der Waals surface area (Å²) in [6, 6.07) is 2.20. The summed E-state index contributed by atoms with van der Waals surface area (Å²) in [6.45, 7) is 11.6. The molecule has 0 unspecified atom stereocenters. The standard InChI is InChI=1S/C12H22N2/c1-11(2)6-9-14(8-5-7-13)10-12(3)4/h6,12H,5,8-10H2,1-4H3.